The lowest BCUT2D eigenvalue weighted by Gasteiger charge is -2.13. The number of hydrogen-bond acceptors (Lipinski definition) is 6. The molecule has 0 bridgehead atoms. The number of nitrogens with one attached hydrogen (secondary N) is 1. The highest BCUT2D eigenvalue weighted by molar-refractivity contribution is 7.93. The molecule has 0 unspecified atom stereocenters. The molecule has 0 radical (unpaired) electrons. The van der Waals surface area contributed by atoms with E-state index < -0.39 is 35.6 Å². The van der Waals surface area contributed by atoms with Crippen molar-refractivity contribution in [3.8, 4) is 0 Å². The maximum atomic E-state index is 12.6. The number of nitrogens with zero attached hydrogens (tertiary/aromatic N) is 2. The summed E-state index contributed by atoms with van der Waals surface area (Å²) < 4.78 is 52.8. The van der Waals surface area contributed by atoms with E-state index in [1.54, 1.807) is 19.1 Å². The number of nitro benzene ring substituents is 1. The largest absolute Gasteiger partial charge is 0.291 e. The number of nitro groups is 1. The molecule has 0 aliphatic rings. The Labute approximate surface area is 157 Å². The van der Waals surface area contributed by atoms with Crippen LogP contribution >= 0.6 is 0 Å². The van der Waals surface area contributed by atoms with Gasteiger partial charge in [-0.25, -0.2) is 21.1 Å². The molecule has 0 aliphatic carbocycles. The molecule has 2 aromatic carbocycles. The van der Waals surface area contributed by atoms with Crippen LogP contribution in [0, 0.1) is 24.0 Å². The quantitative estimate of drug-likeness (QED) is 0.572. The number of benzene rings is 2. The second-order valence-corrected chi connectivity index (χ2v) is 9.88. The zero-order valence-electron chi connectivity index (χ0n) is 15.1. The second kappa shape index (κ2) is 7.25. The smallest absolute Gasteiger partial charge is 0.279 e. The molecule has 0 atom stereocenters. The summed E-state index contributed by atoms with van der Waals surface area (Å²) in [5, 5.41) is 11.4. The van der Waals surface area contributed by atoms with E-state index in [4.69, 9.17) is 0 Å². The van der Waals surface area contributed by atoms with Gasteiger partial charge in [-0.3, -0.25) is 14.8 Å². The van der Waals surface area contributed by atoms with Crippen molar-refractivity contribution in [2.75, 3.05) is 18.8 Å². The van der Waals surface area contributed by atoms with Crippen molar-refractivity contribution < 1.29 is 21.8 Å². The molecule has 0 amide bonds. The molecule has 2 rings (SSSR count). The van der Waals surface area contributed by atoms with Crippen molar-refractivity contribution in [1.29, 1.82) is 0 Å². The number of sulfonamides is 2. The van der Waals surface area contributed by atoms with Crippen molar-refractivity contribution in [3.05, 3.63) is 57.6 Å². The van der Waals surface area contributed by atoms with Crippen molar-refractivity contribution >= 4 is 31.4 Å². The zero-order valence-corrected chi connectivity index (χ0v) is 16.8. The van der Waals surface area contributed by atoms with Gasteiger partial charge in [0.2, 0.25) is 10.0 Å². The van der Waals surface area contributed by atoms with Crippen LogP contribution in [-0.2, 0) is 20.0 Å². The highest BCUT2D eigenvalue weighted by atomic mass is 32.2. The van der Waals surface area contributed by atoms with E-state index in [0.717, 1.165) is 33.6 Å². The van der Waals surface area contributed by atoms with Gasteiger partial charge in [0.1, 0.15) is 0 Å². The first kappa shape index (κ1) is 20.8. The van der Waals surface area contributed by atoms with Crippen molar-refractivity contribution in [2.24, 2.45) is 0 Å². The highest BCUT2D eigenvalue weighted by Gasteiger charge is 2.29. The zero-order chi connectivity index (χ0) is 20.6. The van der Waals surface area contributed by atoms with E-state index in [1.807, 2.05) is 6.92 Å². The van der Waals surface area contributed by atoms with Gasteiger partial charge in [-0.1, -0.05) is 6.07 Å². The summed E-state index contributed by atoms with van der Waals surface area (Å²) in [4.78, 5) is 9.45. The lowest BCUT2D eigenvalue weighted by Crippen LogP contribution is -2.22. The number of rotatable bonds is 6. The minimum absolute atomic E-state index is 0.248. The molecule has 11 heteroatoms. The lowest BCUT2D eigenvalue weighted by molar-refractivity contribution is -0.388. The molecule has 2 aromatic rings. The third kappa shape index (κ3) is 4.26. The second-order valence-electron chi connectivity index (χ2n) is 6.08. The lowest BCUT2D eigenvalue weighted by atomic mass is 10.1. The van der Waals surface area contributed by atoms with Crippen LogP contribution in [0.1, 0.15) is 11.1 Å². The van der Waals surface area contributed by atoms with Crippen LogP contribution in [0.25, 0.3) is 0 Å². The summed E-state index contributed by atoms with van der Waals surface area (Å²) in [5.41, 5.74) is 1.23. The Balaban J connectivity index is 2.56. The topological polar surface area (TPSA) is 127 Å². The molecule has 146 valence electrons. The molecule has 0 saturated carbocycles. The molecule has 0 spiro atoms. The van der Waals surface area contributed by atoms with E-state index in [-0.39, 0.29) is 10.6 Å². The van der Waals surface area contributed by atoms with Crippen LogP contribution < -0.4 is 4.72 Å². The predicted molar refractivity (Wildman–Crippen MR) is 101 cm³/mol. The first-order valence-corrected chi connectivity index (χ1v) is 10.6. The molecule has 0 aliphatic heterocycles. The van der Waals surface area contributed by atoms with Crippen LogP contribution in [0.2, 0.25) is 0 Å². The molecule has 27 heavy (non-hydrogen) atoms. The summed E-state index contributed by atoms with van der Waals surface area (Å²) in [6.07, 6.45) is 0. The van der Waals surface area contributed by atoms with Crippen LogP contribution in [0.4, 0.5) is 11.4 Å². The summed E-state index contributed by atoms with van der Waals surface area (Å²) in [7, 11) is -5.71. The fourth-order valence-electron chi connectivity index (χ4n) is 2.25. The molecular weight excluding hydrogens is 394 g/mol. The third-order valence-corrected chi connectivity index (χ3v) is 7.19. The number of hydrogen-bond donors (Lipinski definition) is 1. The number of aryl methyl sites for hydroxylation is 2. The van der Waals surface area contributed by atoms with Crippen molar-refractivity contribution in [1.82, 2.24) is 4.31 Å². The Morgan fingerprint density at radius 3 is 2.11 bits per heavy atom. The molecule has 9 nitrogen and oxygen atoms in total. The average molecular weight is 413 g/mol. The summed E-state index contributed by atoms with van der Waals surface area (Å²) in [6, 6.07) is 7.54. The maximum Gasteiger partial charge on any atom is 0.291 e. The van der Waals surface area contributed by atoms with E-state index >= 15 is 0 Å². The molecule has 0 heterocycles. The molecule has 0 fully saturated rings. The van der Waals surface area contributed by atoms with E-state index in [9.17, 15) is 26.9 Å². The van der Waals surface area contributed by atoms with Crippen LogP contribution in [0.15, 0.2) is 46.2 Å². The van der Waals surface area contributed by atoms with Crippen LogP contribution in [0.3, 0.4) is 0 Å². The first-order chi connectivity index (χ1) is 12.4. The van der Waals surface area contributed by atoms with Gasteiger partial charge in [0.05, 0.1) is 9.82 Å². The van der Waals surface area contributed by atoms with Gasteiger partial charge in [0.25, 0.3) is 15.7 Å². The van der Waals surface area contributed by atoms with Gasteiger partial charge in [0, 0.05) is 25.8 Å². The standard InChI is InChI=1S/C16H19N3O6S2/c1-11-5-6-13(9-12(11)2)17-26(22,23)16-8-7-14(10-15(16)19(20)21)27(24,25)18(3)4/h5-10,17H,1-4H3. The van der Waals surface area contributed by atoms with Gasteiger partial charge < -0.3 is 0 Å². The first-order valence-electron chi connectivity index (χ1n) is 7.67. The normalized spacial score (nSPS) is 12.2. The summed E-state index contributed by atoms with van der Waals surface area (Å²) >= 11 is 0. The van der Waals surface area contributed by atoms with E-state index in [1.165, 1.54) is 20.2 Å². The van der Waals surface area contributed by atoms with E-state index in [0.29, 0.717) is 0 Å². The Hall–Kier alpha value is -2.50. The molecule has 0 aromatic heterocycles. The molecule has 1 N–H and O–H groups in total. The summed E-state index contributed by atoms with van der Waals surface area (Å²) in [5.74, 6) is 0. The monoisotopic (exact) mass is 413 g/mol. The Morgan fingerprint density at radius 2 is 1.59 bits per heavy atom. The van der Waals surface area contributed by atoms with Gasteiger partial charge in [-0.15, -0.1) is 0 Å². The highest BCUT2D eigenvalue weighted by Crippen LogP contribution is 2.29. The fraction of sp³-hybridized carbons (Fsp3) is 0.250. The van der Waals surface area contributed by atoms with Crippen molar-refractivity contribution in [3.63, 3.8) is 0 Å². The summed E-state index contributed by atoms with van der Waals surface area (Å²) in [6.45, 7) is 3.67. The predicted octanol–water partition coefficient (Wildman–Crippen LogP) is 2.26. The Kier molecular flexibility index (Phi) is 5.59. The van der Waals surface area contributed by atoms with Gasteiger partial charge in [-0.05, 0) is 49.2 Å². The third-order valence-electron chi connectivity index (χ3n) is 3.95. The van der Waals surface area contributed by atoms with Gasteiger partial charge in [-0.2, -0.15) is 0 Å². The SMILES string of the molecule is Cc1ccc(NS(=O)(=O)c2ccc(S(=O)(=O)N(C)C)cc2[N+](=O)[O-])cc1C. The Bertz CT molecular complexity index is 1110. The fourth-order valence-corrected chi connectivity index (χ4v) is 4.38. The average Bonchev–Trinajstić information content (AvgIpc) is 2.57. The molecular formula is C16H19N3O6S2. The Morgan fingerprint density at radius 1 is 0.963 bits per heavy atom. The van der Waals surface area contributed by atoms with E-state index in [2.05, 4.69) is 4.72 Å². The molecule has 0 saturated heterocycles. The van der Waals surface area contributed by atoms with Gasteiger partial charge >= 0.3 is 0 Å². The minimum Gasteiger partial charge on any atom is -0.279 e. The minimum atomic E-state index is -4.30. The van der Waals surface area contributed by atoms with Gasteiger partial charge in [0.15, 0.2) is 4.90 Å². The van der Waals surface area contributed by atoms with Crippen LogP contribution in [0.5, 0.6) is 0 Å². The maximum absolute atomic E-state index is 12.6. The number of anilines is 1. The van der Waals surface area contributed by atoms with Crippen molar-refractivity contribution in [2.45, 2.75) is 23.6 Å². The van der Waals surface area contributed by atoms with Crippen LogP contribution in [-0.4, -0.2) is 40.2 Å².